The Kier molecular flexibility index (Phi) is 6.36. The molecule has 1 rings (SSSR count). The van der Waals surface area contributed by atoms with E-state index in [4.69, 9.17) is 5.11 Å². The quantitative estimate of drug-likeness (QED) is 0.741. The molecule has 102 valence electrons. The molecule has 4 heteroatoms. The van der Waals surface area contributed by atoms with Crippen molar-refractivity contribution in [2.24, 2.45) is 0 Å². The van der Waals surface area contributed by atoms with E-state index < -0.39 is 5.97 Å². The lowest BCUT2D eigenvalue weighted by Crippen LogP contribution is -2.22. The number of carbonyl (C=O) groups is 2. The number of hydrogen-bond acceptors (Lipinski definition) is 2. The van der Waals surface area contributed by atoms with Crippen LogP contribution >= 0.6 is 0 Å². The largest absolute Gasteiger partial charge is 0.478 e. The number of carbonyl (C=O) groups excluding carboxylic acids is 1. The van der Waals surface area contributed by atoms with Gasteiger partial charge in [-0.05, 0) is 29.7 Å². The van der Waals surface area contributed by atoms with E-state index in [0.717, 1.165) is 30.0 Å². The Morgan fingerprint density at radius 3 is 2.84 bits per heavy atom. The summed E-state index contributed by atoms with van der Waals surface area (Å²) in [6.45, 7) is 2.52. The number of carboxylic acids is 1. The molecule has 0 heterocycles. The molecule has 1 amide bonds. The molecule has 2 N–H and O–H groups in total. The van der Waals surface area contributed by atoms with Crippen molar-refractivity contribution in [2.75, 3.05) is 0 Å². The molecule has 0 radical (unpaired) electrons. The Hall–Kier alpha value is -2.10. The molecule has 0 saturated heterocycles. The van der Waals surface area contributed by atoms with Crippen molar-refractivity contribution >= 4 is 18.0 Å². The number of aliphatic carboxylic acids is 1. The maximum atomic E-state index is 11.5. The van der Waals surface area contributed by atoms with E-state index in [2.05, 4.69) is 5.32 Å². The minimum absolute atomic E-state index is 0.0494. The fraction of sp³-hybridized carbons (Fsp3) is 0.333. The third-order valence-electron chi connectivity index (χ3n) is 2.62. The van der Waals surface area contributed by atoms with Crippen LogP contribution in [-0.4, -0.2) is 17.0 Å². The normalized spacial score (nSPS) is 10.6. The van der Waals surface area contributed by atoms with E-state index in [9.17, 15) is 9.59 Å². The zero-order valence-electron chi connectivity index (χ0n) is 11.1. The molecular formula is C15H19NO3. The van der Waals surface area contributed by atoms with Crippen molar-refractivity contribution < 1.29 is 14.7 Å². The van der Waals surface area contributed by atoms with Gasteiger partial charge in [0.15, 0.2) is 0 Å². The van der Waals surface area contributed by atoms with E-state index in [1.807, 2.05) is 31.2 Å². The summed E-state index contributed by atoms with van der Waals surface area (Å²) in [6, 6.07) is 7.43. The average molecular weight is 261 g/mol. The number of amides is 1. The minimum atomic E-state index is -0.974. The molecule has 0 saturated carbocycles. The van der Waals surface area contributed by atoms with Gasteiger partial charge in [0.25, 0.3) is 0 Å². The second-order valence-corrected chi connectivity index (χ2v) is 4.30. The summed E-state index contributed by atoms with van der Waals surface area (Å²) >= 11 is 0. The van der Waals surface area contributed by atoms with Crippen LogP contribution in [0.25, 0.3) is 6.08 Å². The molecule has 0 spiro atoms. The van der Waals surface area contributed by atoms with Crippen LogP contribution < -0.4 is 5.32 Å². The first-order valence-corrected chi connectivity index (χ1v) is 6.38. The summed E-state index contributed by atoms with van der Waals surface area (Å²) in [5, 5.41) is 11.4. The van der Waals surface area contributed by atoms with Gasteiger partial charge in [-0.3, -0.25) is 4.79 Å². The molecule has 0 aliphatic heterocycles. The van der Waals surface area contributed by atoms with Gasteiger partial charge in [-0.15, -0.1) is 0 Å². The van der Waals surface area contributed by atoms with Crippen molar-refractivity contribution in [1.29, 1.82) is 0 Å². The van der Waals surface area contributed by atoms with Gasteiger partial charge in [-0.1, -0.05) is 31.5 Å². The van der Waals surface area contributed by atoms with E-state index in [-0.39, 0.29) is 5.91 Å². The monoisotopic (exact) mass is 261 g/mol. The van der Waals surface area contributed by atoms with Crippen LogP contribution in [0.2, 0.25) is 0 Å². The van der Waals surface area contributed by atoms with Crippen LogP contribution in [0, 0.1) is 0 Å². The molecule has 1 aromatic carbocycles. The Morgan fingerprint density at radius 1 is 1.37 bits per heavy atom. The highest BCUT2D eigenvalue weighted by Crippen LogP contribution is 2.07. The lowest BCUT2D eigenvalue weighted by atomic mass is 10.1. The van der Waals surface area contributed by atoms with Gasteiger partial charge in [-0.2, -0.15) is 0 Å². The third-order valence-corrected chi connectivity index (χ3v) is 2.62. The minimum Gasteiger partial charge on any atom is -0.478 e. The van der Waals surface area contributed by atoms with E-state index in [1.54, 1.807) is 0 Å². The molecule has 0 fully saturated rings. The van der Waals surface area contributed by atoms with Gasteiger partial charge in [0.1, 0.15) is 0 Å². The highest BCUT2D eigenvalue weighted by molar-refractivity contribution is 5.85. The van der Waals surface area contributed by atoms with E-state index in [1.165, 1.54) is 6.08 Å². The summed E-state index contributed by atoms with van der Waals surface area (Å²) in [5.74, 6) is -0.924. The van der Waals surface area contributed by atoms with Crippen LogP contribution in [0.5, 0.6) is 0 Å². The first kappa shape index (κ1) is 15.0. The van der Waals surface area contributed by atoms with Crippen molar-refractivity contribution in [2.45, 2.75) is 32.7 Å². The van der Waals surface area contributed by atoms with Gasteiger partial charge in [0, 0.05) is 19.0 Å². The second-order valence-electron chi connectivity index (χ2n) is 4.30. The molecule has 0 unspecified atom stereocenters. The third kappa shape index (κ3) is 6.41. The first-order chi connectivity index (χ1) is 9.11. The van der Waals surface area contributed by atoms with Crippen molar-refractivity contribution in [3.63, 3.8) is 0 Å². The molecule has 4 nitrogen and oxygen atoms in total. The summed E-state index contributed by atoms with van der Waals surface area (Å²) in [6.07, 6.45) is 5.08. The molecule has 0 aromatic heterocycles. The molecule has 1 aromatic rings. The zero-order chi connectivity index (χ0) is 14.1. The van der Waals surface area contributed by atoms with Crippen molar-refractivity contribution in [3.8, 4) is 0 Å². The summed E-state index contributed by atoms with van der Waals surface area (Å²) in [4.78, 5) is 21.9. The number of unbranched alkanes of at least 4 members (excludes halogenated alkanes) is 1. The Balaban J connectivity index is 2.52. The number of carboxylic acid groups (broad SMARTS) is 1. The Morgan fingerprint density at radius 2 is 2.16 bits per heavy atom. The second kappa shape index (κ2) is 8.08. The Bertz CT molecular complexity index is 466. The first-order valence-electron chi connectivity index (χ1n) is 6.38. The summed E-state index contributed by atoms with van der Waals surface area (Å²) in [7, 11) is 0. The maximum Gasteiger partial charge on any atom is 0.328 e. The Labute approximate surface area is 113 Å². The molecule has 0 aliphatic rings. The fourth-order valence-corrected chi connectivity index (χ4v) is 1.60. The number of hydrogen-bond donors (Lipinski definition) is 2. The van der Waals surface area contributed by atoms with E-state index >= 15 is 0 Å². The van der Waals surface area contributed by atoms with E-state index in [0.29, 0.717) is 13.0 Å². The predicted octanol–water partition coefficient (Wildman–Crippen LogP) is 2.59. The van der Waals surface area contributed by atoms with Crippen LogP contribution in [0.1, 0.15) is 37.3 Å². The summed E-state index contributed by atoms with van der Waals surface area (Å²) in [5.41, 5.74) is 1.76. The number of nitrogens with one attached hydrogen (secondary N) is 1. The highest BCUT2D eigenvalue weighted by Gasteiger charge is 2.00. The average Bonchev–Trinajstić information content (AvgIpc) is 2.41. The topological polar surface area (TPSA) is 66.4 Å². The van der Waals surface area contributed by atoms with Crippen molar-refractivity contribution in [1.82, 2.24) is 5.32 Å². The molecular weight excluding hydrogens is 242 g/mol. The highest BCUT2D eigenvalue weighted by atomic mass is 16.4. The SMILES string of the molecule is CCCCC(=O)NCc1cccc(/C=C/C(=O)O)c1. The number of benzene rings is 1. The fourth-order valence-electron chi connectivity index (χ4n) is 1.60. The van der Waals surface area contributed by atoms with Crippen LogP contribution in [0.15, 0.2) is 30.3 Å². The molecule has 0 atom stereocenters. The predicted molar refractivity (Wildman–Crippen MR) is 74.5 cm³/mol. The molecule has 19 heavy (non-hydrogen) atoms. The van der Waals surface area contributed by atoms with Crippen LogP contribution in [0.3, 0.4) is 0 Å². The van der Waals surface area contributed by atoms with Gasteiger partial charge in [0.2, 0.25) is 5.91 Å². The lowest BCUT2D eigenvalue weighted by molar-refractivity contribution is -0.131. The molecule has 0 aliphatic carbocycles. The molecule has 0 bridgehead atoms. The smallest absolute Gasteiger partial charge is 0.328 e. The lowest BCUT2D eigenvalue weighted by Gasteiger charge is -2.05. The zero-order valence-corrected chi connectivity index (χ0v) is 11.1. The maximum absolute atomic E-state index is 11.5. The van der Waals surface area contributed by atoms with Gasteiger partial charge >= 0.3 is 5.97 Å². The van der Waals surface area contributed by atoms with Crippen LogP contribution in [-0.2, 0) is 16.1 Å². The number of rotatable bonds is 7. The van der Waals surface area contributed by atoms with Gasteiger partial charge < -0.3 is 10.4 Å². The van der Waals surface area contributed by atoms with Gasteiger partial charge in [-0.25, -0.2) is 4.79 Å². The van der Waals surface area contributed by atoms with Crippen LogP contribution in [0.4, 0.5) is 0 Å². The van der Waals surface area contributed by atoms with Crippen molar-refractivity contribution in [3.05, 3.63) is 41.5 Å². The van der Waals surface area contributed by atoms with Gasteiger partial charge in [0.05, 0.1) is 0 Å². The summed E-state index contributed by atoms with van der Waals surface area (Å²) < 4.78 is 0. The standard InChI is InChI=1S/C15H19NO3/c1-2-3-7-14(17)16-11-13-6-4-5-12(10-13)8-9-15(18)19/h4-6,8-10H,2-3,7,11H2,1H3,(H,16,17)(H,18,19)/b9-8+.